The van der Waals surface area contributed by atoms with Gasteiger partial charge in [0.15, 0.2) is 0 Å². The number of hydrogen-bond acceptors (Lipinski definition) is 2. The molecule has 9 rings (SSSR count). The van der Waals surface area contributed by atoms with E-state index in [1.165, 1.54) is 64.6 Å². The van der Waals surface area contributed by atoms with Crippen LogP contribution in [0.1, 0.15) is 17.0 Å². The van der Waals surface area contributed by atoms with Gasteiger partial charge in [-0.3, -0.25) is 0 Å². The zero-order valence-electron chi connectivity index (χ0n) is 24.1. The summed E-state index contributed by atoms with van der Waals surface area (Å²) in [5.41, 5.74) is 8.70. The first-order valence-electron chi connectivity index (χ1n) is 15.3. The largest absolute Gasteiger partial charge is 0.310 e. The molecule has 1 heterocycles. The van der Waals surface area contributed by atoms with E-state index in [0.717, 1.165) is 5.69 Å². The standard InChI is InChI=1S/C42H29NS/c1-2-9-28(10-3-1)29-19-22-32(23-20-29)43(33-24-26-37-36-13-6-7-16-40(36)44-41(37)27-33)39-15-8-14-38-35(39)25-21-31-18-17-30-11-4-5-12-34(30)42(31)38/h1-27,30,34H. The molecule has 0 aliphatic heterocycles. The average molecular weight is 580 g/mol. The van der Waals surface area contributed by atoms with Crippen LogP contribution in [-0.4, -0.2) is 0 Å². The van der Waals surface area contributed by atoms with Crippen molar-refractivity contribution in [3.8, 4) is 11.1 Å². The molecule has 0 fully saturated rings. The predicted octanol–water partition coefficient (Wildman–Crippen LogP) is 12.2. The first-order valence-corrected chi connectivity index (χ1v) is 16.1. The summed E-state index contributed by atoms with van der Waals surface area (Å²) in [4.78, 5) is 2.44. The number of nitrogens with zero attached hydrogens (tertiary/aromatic N) is 1. The van der Waals surface area contributed by atoms with Crippen molar-refractivity contribution in [2.75, 3.05) is 4.90 Å². The second-order valence-corrected chi connectivity index (χ2v) is 12.8. The molecule has 0 saturated heterocycles. The minimum Gasteiger partial charge on any atom is -0.310 e. The molecule has 2 atom stereocenters. The number of allylic oxidation sites excluding steroid dienone is 5. The lowest BCUT2D eigenvalue weighted by Crippen LogP contribution is -2.15. The summed E-state index contributed by atoms with van der Waals surface area (Å²) in [6.45, 7) is 0. The van der Waals surface area contributed by atoms with Gasteiger partial charge in [-0.25, -0.2) is 0 Å². The highest BCUT2D eigenvalue weighted by molar-refractivity contribution is 7.25. The number of thiophene rings is 1. The third-order valence-corrected chi connectivity index (χ3v) is 10.4. The van der Waals surface area contributed by atoms with E-state index in [4.69, 9.17) is 0 Å². The van der Waals surface area contributed by atoms with Crippen LogP contribution in [-0.2, 0) is 0 Å². The Labute approximate surface area is 261 Å². The minimum atomic E-state index is 0.354. The third kappa shape index (κ3) is 4.06. The van der Waals surface area contributed by atoms with Crippen LogP contribution < -0.4 is 4.90 Å². The highest BCUT2D eigenvalue weighted by Crippen LogP contribution is 2.47. The van der Waals surface area contributed by atoms with Gasteiger partial charge in [-0.1, -0.05) is 127 Å². The number of hydrogen-bond donors (Lipinski definition) is 0. The van der Waals surface area contributed by atoms with E-state index in [1.54, 1.807) is 0 Å². The van der Waals surface area contributed by atoms with Crippen molar-refractivity contribution in [3.63, 3.8) is 0 Å². The Morgan fingerprint density at radius 3 is 2.14 bits per heavy atom. The second-order valence-electron chi connectivity index (χ2n) is 11.7. The topological polar surface area (TPSA) is 3.24 Å². The molecule has 2 aliphatic rings. The maximum atomic E-state index is 2.44. The number of anilines is 3. The van der Waals surface area contributed by atoms with Crippen LogP contribution in [0, 0.1) is 5.92 Å². The average Bonchev–Trinajstić information content (AvgIpc) is 3.47. The summed E-state index contributed by atoms with van der Waals surface area (Å²) in [5, 5.41) is 5.24. The van der Waals surface area contributed by atoms with Gasteiger partial charge in [-0.2, -0.15) is 0 Å². The maximum Gasteiger partial charge on any atom is 0.0540 e. The van der Waals surface area contributed by atoms with Gasteiger partial charge in [0.05, 0.1) is 5.69 Å². The Balaban J connectivity index is 1.26. The highest BCUT2D eigenvalue weighted by Gasteiger charge is 2.27. The molecule has 2 aliphatic carbocycles. The molecule has 1 nitrogen and oxygen atoms in total. The molecule has 2 heteroatoms. The molecule has 0 saturated carbocycles. The van der Waals surface area contributed by atoms with Crippen LogP contribution in [0.4, 0.5) is 17.1 Å². The summed E-state index contributed by atoms with van der Waals surface area (Å²) in [6, 6.07) is 46.8. The van der Waals surface area contributed by atoms with Crippen molar-refractivity contribution in [2.24, 2.45) is 5.92 Å². The zero-order valence-corrected chi connectivity index (χ0v) is 24.9. The smallest absolute Gasteiger partial charge is 0.0540 e. The van der Waals surface area contributed by atoms with Crippen molar-refractivity contribution in [2.45, 2.75) is 5.92 Å². The summed E-state index contributed by atoms with van der Waals surface area (Å²) < 4.78 is 2.63. The fourth-order valence-corrected chi connectivity index (χ4v) is 8.26. The van der Waals surface area contributed by atoms with E-state index in [0.29, 0.717) is 11.8 Å². The molecule has 0 amide bonds. The normalized spacial score (nSPS) is 16.8. The Kier molecular flexibility index (Phi) is 5.89. The van der Waals surface area contributed by atoms with E-state index < -0.39 is 0 Å². The molecule has 0 N–H and O–H groups in total. The minimum absolute atomic E-state index is 0.354. The molecule has 44 heavy (non-hydrogen) atoms. The number of benzene rings is 6. The van der Waals surface area contributed by atoms with Crippen molar-refractivity contribution in [3.05, 3.63) is 169 Å². The van der Waals surface area contributed by atoms with E-state index in [-0.39, 0.29) is 0 Å². The van der Waals surface area contributed by atoms with Gasteiger partial charge in [0.1, 0.15) is 0 Å². The van der Waals surface area contributed by atoms with Gasteiger partial charge in [0.25, 0.3) is 0 Å². The molecule has 2 unspecified atom stereocenters. The van der Waals surface area contributed by atoms with Crippen molar-refractivity contribution in [1.29, 1.82) is 0 Å². The third-order valence-electron chi connectivity index (χ3n) is 9.22. The first-order chi connectivity index (χ1) is 21.8. The summed E-state index contributed by atoms with van der Waals surface area (Å²) in [5.74, 6) is 0.756. The summed E-state index contributed by atoms with van der Waals surface area (Å²) >= 11 is 1.87. The molecule has 208 valence electrons. The monoisotopic (exact) mass is 579 g/mol. The second kappa shape index (κ2) is 10.2. The van der Waals surface area contributed by atoms with Gasteiger partial charge in [-0.05, 0) is 64.0 Å². The molecule has 0 bridgehead atoms. The maximum absolute atomic E-state index is 2.44. The molecule has 0 radical (unpaired) electrons. The fraction of sp³-hybridized carbons (Fsp3) is 0.0476. The van der Waals surface area contributed by atoms with Crippen molar-refractivity contribution in [1.82, 2.24) is 0 Å². The Bertz CT molecular complexity index is 2290. The van der Waals surface area contributed by atoms with Gasteiger partial charge < -0.3 is 4.90 Å². The van der Waals surface area contributed by atoms with E-state index in [1.807, 2.05) is 11.3 Å². The van der Waals surface area contributed by atoms with Gasteiger partial charge in [0, 0.05) is 48.8 Å². The van der Waals surface area contributed by atoms with Crippen LogP contribution in [0.25, 0.3) is 48.1 Å². The van der Waals surface area contributed by atoms with Crippen LogP contribution >= 0.6 is 11.3 Å². The van der Waals surface area contributed by atoms with Crippen molar-refractivity contribution < 1.29 is 0 Å². The first kappa shape index (κ1) is 25.3. The van der Waals surface area contributed by atoms with Gasteiger partial charge in [0.2, 0.25) is 0 Å². The lowest BCUT2D eigenvalue weighted by atomic mass is 9.75. The molecule has 6 aromatic carbocycles. The fourth-order valence-electron chi connectivity index (χ4n) is 7.12. The predicted molar refractivity (Wildman–Crippen MR) is 191 cm³/mol. The van der Waals surface area contributed by atoms with Gasteiger partial charge in [-0.15, -0.1) is 11.3 Å². The number of rotatable bonds is 4. The lowest BCUT2D eigenvalue weighted by Gasteiger charge is -2.31. The molecular weight excluding hydrogens is 551 g/mol. The lowest BCUT2D eigenvalue weighted by molar-refractivity contribution is 0.697. The quantitative estimate of drug-likeness (QED) is 0.200. The Hall–Kier alpha value is -5.18. The number of fused-ring (bicyclic) bond motifs is 8. The van der Waals surface area contributed by atoms with Crippen molar-refractivity contribution >= 4 is 65.4 Å². The highest BCUT2D eigenvalue weighted by atomic mass is 32.1. The van der Waals surface area contributed by atoms with E-state index in [9.17, 15) is 0 Å². The summed E-state index contributed by atoms with van der Waals surface area (Å²) in [6.07, 6.45) is 13.7. The zero-order chi connectivity index (χ0) is 29.0. The SMILES string of the molecule is C1=CC2C=Cc3ccc4c(N(c5ccc(-c6ccccc6)cc5)c5ccc6c(c5)sc5ccccc56)cccc4c3C2C=C1. The van der Waals surface area contributed by atoms with E-state index >= 15 is 0 Å². The Morgan fingerprint density at radius 1 is 0.500 bits per heavy atom. The van der Waals surface area contributed by atoms with Gasteiger partial charge >= 0.3 is 0 Å². The van der Waals surface area contributed by atoms with Crippen LogP contribution in [0.15, 0.2) is 158 Å². The van der Waals surface area contributed by atoms with E-state index in [2.05, 4.69) is 169 Å². The molecular formula is C42H29NS. The van der Waals surface area contributed by atoms with Crippen LogP contribution in [0.5, 0.6) is 0 Å². The molecule has 0 spiro atoms. The van der Waals surface area contributed by atoms with Crippen LogP contribution in [0.3, 0.4) is 0 Å². The summed E-state index contributed by atoms with van der Waals surface area (Å²) in [7, 11) is 0. The molecule has 1 aromatic heterocycles. The Morgan fingerprint density at radius 2 is 1.23 bits per heavy atom. The van der Waals surface area contributed by atoms with Crippen LogP contribution in [0.2, 0.25) is 0 Å². The molecule has 7 aromatic rings.